The maximum Gasteiger partial charge on any atom is 0.249 e. The van der Waals surface area contributed by atoms with Gasteiger partial charge in [-0.15, -0.1) is 5.10 Å². The van der Waals surface area contributed by atoms with Gasteiger partial charge < -0.3 is 9.84 Å². The number of hydrogen-bond acceptors (Lipinski definition) is 6. The topological polar surface area (TPSA) is 98.7 Å². The molecule has 3 rings (SSSR count). The zero-order valence-electron chi connectivity index (χ0n) is 11.9. The second-order valence-electron chi connectivity index (χ2n) is 4.69. The Kier molecular flexibility index (Phi) is 3.90. The van der Waals surface area contributed by atoms with Crippen LogP contribution < -0.4 is 5.32 Å². The van der Waals surface area contributed by atoms with Crippen LogP contribution in [0.15, 0.2) is 47.2 Å². The largest absolute Gasteiger partial charge is 0.364 e. The van der Waals surface area contributed by atoms with E-state index in [2.05, 4.69) is 26.0 Å². The number of benzene rings is 1. The molecule has 2 aromatic heterocycles. The molecule has 1 aromatic carbocycles. The number of amides is 1. The number of aryl methyl sites for hydroxylation is 1. The van der Waals surface area contributed by atoms with Crippen LogP contribution in [0.4, 0.5) is 0 Å². The number of carbonyl (C=O) groups is 1. The van der Waals surface area contributed by atoms with Gasteiger partial charge in [-0.1, -0.05) is 35.5 Å². The fourth-order valence-corrected chi connectivity index (χ4v) is 2.12. The Hall–Kier alpha value is -3.03. The molecule has 3 aromatic rings. The van der Waals surface area contributed by atoms with E-state index in [1.807, 2.05) is 30.3 Å². The minimum atomic E-state index is -0.636. The summed E-state index contributed by atoms with van der Waals surface area (Å²) in [7, 11) is 0. The molecule has 2 heterocycles. The molecule has 0 bridgehead atoms. The number of nitrogens with zero attached hydrogens (tertiary/aromatic N) is 5. The second kappa shape index (κ2) is 6.17. The Morgan fingerprint density at radius 2 is 2.14 bits per heavy atom. The van der Waals surface area contributed by atoms with Crippen molar-refractivity contribution < 1.29 is 9.32 Å². The SMILES string of the molecule is Cc1nnnn1[C@@H](C(=O)NCc1ccon1)c1ccccc1. The number of nitrogens with one attached hydrogen (secondary N) is 1. The molecule has 22 heavy (non-hydrogen) atoms. The lowest BCUT2D eigenvalue weighted by Gasteiger charge is -2.17. The van der Waals surface area contributed by atoms with Gasteiger partial charge in [0, 0.05) is 6.07 Å². The molecule has 0 aliphatic rings. The highest BCUT2D eigenvalue weighted by molar-refractivity contribution is 5.83. The average molecular weight is 298 g/mol. The lowest BCUT2D eigenvalue weighted by Crippen LogP contribution is -2.34. The summed E-state index contributed by atoms with van der Waals surface area (Å²) in [4.78, 5) is 12.6. The molecule has 1 atom stereocenters. The fourth-order valence-electron chi connectivity index (χ4n) is 2.12. The summed E-state index contributed by atoms with van der Waals surface area (Å²) in [6.07, 6.45) is 1.46. The number of carbonyl (C=O) groups excluding carboxylic acids is 1. The molecule has 0 saturated carbocycles. The van der Waals surface area contributed by atoms with Crippen LogP contribution in [0.2, 0.25) is 0 Å². The highest BCUT2D eigenvalue weighted by atomic mass is 16.5. The standard InChI is InChI=1S/C14H14N6O2/c1-10-16-18-19-20(10)13(11-5-3-2-4-6-11)14(21)15-9-12-7-8-22-17-12/h2-8,13H,9H2,1H3,(H,15,21)/t13-/m1/s1. The van der Waals surface area contributed by atoms with Crippen LogP contribution in [-0.2, 0) is 11.3 Å². The van der Waals surface area contributed by atoms with Crippen molar-refractivity contribution in [3.05, 3.63) is 59.7 Å². The van der Waals surface area contributed by atoms with Crippen molar-refractivity contribution in [2.45, 2.75) is 19.5 Å². The highest BCUT2D eigenvalue weighted by Crippen LogP contribution is 2.18. The normalized spacial score (nSPS) is 12.0. The van der Waals surface area contributed by atoms with Crippen molar-refractivity contribution in [3.63, 3.8) is 0 Å². The van der Waals surface area contributed by atoms with E-state index >= 15 is 0 Å². The third kappa shape index (κ3) is 2.85. The van der Waals surface area contributed by atoms with E-state index in [1.54, 1.807) is 13.0 Å². The van der Waals surface area contributed by atoms with Crippen LogP contribution in [0.3, 0.4) is 0 Å². The Labute approximate surface area is 126 Å². The predicted molar refractivity (Wildman–Crippen MR) is 75.5 cm³/mol. The van der Waals surface area contributed by atoms with Crippen LogP contribution in [0.5, 0.6) is 0 Å². The maximum absolute atomic E-state index is 12.6. The van der Waals surface area contributed by atoms with Gasteiger partial charge >= 0.3 is 0 Å². The van der Waals surface area contributed by atoms with Crippen LogP contribution in [-0.4, -0.2) is 31.3 Å². The number of aromatic nitrogens is 5. The Bertz CT molecular complexity index is 738. The molecule has 8 nitrogen and oxygen atoms in total. The summed E-state index contributed by atoms with van der Waals surface area (Å²) in [5.74, 6) is 0.343. The van der Waals surface area contributed by atoms with Gasteiger partial charge in [-0.05, 0) is 22.9 Å². The van der Waals surface area contributed by atoms with Crippen LogP contribution >= 0.6 is 0 Å². The van der Waals surface area contributed by atoms with Gasteiger partial charge in [-0.25, -0.2) is 4.68 Å². The minimum absolute atomic E-state index is 0.218. The van der Waals surface area contributed by atoms with Gasteiger partial charge in [-0.3, -0.25) is 4.79 Å². The second-order valence-corrected chi connectivity index (χ2v) is 4.69. The van der Waals surface area contributed by atoms with Gasteiger partial charge in [0.25, 0.3) is 0 Å². The van der Waals surface area contributed by atoms with E-state index in [0.29, 0.717) is 11.5 Å². The first kappa shape index (κ1) is 13.9. The lowest BCUT2D eigenvalue weighted by molar-refractivity contribution is -0.123. The quantitative estimate of drug-likeness (QED) is 0.750. The maximum atomic E-state index is 12.6. The van der Waals surface area contributed by atoms with Gasteiger partial charge in [0.15, 0.2) is 6.04 Å². The van der Waals surface area contributed by atoms with Crippen molar-refractivity contribution in [3.8, 4) is 0 Å². The molecule has 8 heteroatoms. The summed E-state index contributed by atoms with van der Waals surface area (Å²) in [6.45, 7) is 2.03. The zero-order chi connectivity index (χ0) is 15.4. The van der Waals surface area contributed by atoms with E-state index < -0.39 is 6.04 Å². The molecule has 0 spiro atoms. The van der Waals surface area contributed by atoms with E-state index in [-0.39, 0.29) is 12.5 Å². The average Bonchev–Trinajstić information content (AvgIpc) is 3.19. The monoisotopic (exact) mass is 298 g/mol. The predicted octanol–water partition coefficient (Wildman–Crippen LogP) is 0.875. The molecule has 0 aliphatic heterocycles. The molecular formula is C14H14N6O2. The Balaban J connectivity index is 1.85. The molecule has 0 aliphatic carbocycles. The van der Waals surface area contributed by atoms with Gasteiger partial charge in [0.2, 0.25) is 5.91 Å². The molecule has 1 N–H and O–H groups in total. The number of tetrazole rings is 1. The number of rotatable bonds is 5. The minimum Gasteiger partial charge on any atom is -0.364 e. The first-order chi connectivity index (χ1) is 10.8. The van der Waals surface area contributed by atoms with E-state index in [4.69, 9.17) is 4.52 Å². The van der Waals surface area contributed by atoms with Crippen molar-refractivity contribution >= 4 is 5.91 Å². The third-order valence-electron chi connectivity index (χ3n) is 3.20. The molecule has 0 unspecified atom stereocenters. The first-order valence-electron chi connectivity index (χ1n) is 6.72. The molecule has 0 radical (unpaired) electrons. The van der Waals surface area contributed by atoms with E-state index in [1.165, 1.54) is 10.9 Å². The Morgan fingerprint density at radius 3 is 2.77 bits per heavy atom. The van der Waals surface area contributed by atoms with Crippen LogP contribution in [0.25, 0.3) is 0 Å². The zero-order valence-corrected chi connectivity index (χ0v) is 11.9. The molecule has 0 saturated heterocycles. The van der Waals surface area contributed by atoms with Crippen molar-refractivity contribution in [2.75, 3.05) is 0 Å². The lowest BCUT2D eigenvalue weighted by atomic mass is 10.1. The third-order valence-corrected chi connectivity index (χ3v) is 3.20. The summed E-state index contributed by atoms with van der Waals surface area (Å²) >= 11 is 0. The fraction of sp³-hybridized carbons (Fsp3) is 0.214. The molecule has 0 fully saturated rings. The van der Waals surface area contributed by atoms with Gasteiger partial charge in [0.05, 0.1) is 6.54 Å². The van der Waals surface area contributed by atoms with Crippen LogP contribution in [0, 0.1) is 6.92 Å². The Morgan fingerprint density at radius 1 is 1.32 bits per heavy atom. The molecular weight excluding hydrogens is 284 g/mol. The summed E-state index contributed by atoms with van der Waals surface area (Å²) in [5.41, 5.74) is 1.45. The smallest absolute Gasteiger partial charge is 0.249 e. The van der Waals surface area contributed by atoms with Crippen LogP contribution in [0.1, 0.15) is 23.1 Å². The summed E-state index contributed by atoms with van der Waals surface area (Å²) in [5, 5.41) is 18.0. The summed E-state index contributed by atoms with van der Waals surface area (Å²) in [6, 6.07) is 10.4. The van der Waals surface area contributed by atoms with E-state index in [0.717, 1.165) is 5.56 Å². The van der Waals surface area contributed by atoms with Gasteiger partial charge in [0.1, 0.15) is 17.8 Å². The number of hydrogen-bond donors (Lipinski definition) is 1. The summed E-state index contributed by atoms with van der Waals surface area (Å²) < 4.78 is 6.24. The van der Waals surface area contributed by atoms with E-state index in [9.17, 15) is 4.79 Å². The van der Waals surface area contributed by atoms with Crippen molar-refractivity contribution in [1.29, 1.82) is 0 Å². The molecule has 112 valence electrons. The van der Waals surface area contributed by atoms with Crippen molar-refractivity contribution in [2.24, 2.45) is 0 Å². The van der Waals surface area contributed by atoms with Gasteiger partial charge in [-0.2, -0.15) is 0 Å². The van der Waals surface area contributed by atoms with Crippen molar-refractivity contribution in [1.82, 2.24) is 30.7 Å². The first-order valence-corrected chi connectivity index (χ1v) is 6.72. The highest BCUT2D eigenvalue weighted by Gasteiger charge is 2.25. The molecule has 1 amide bonds.